The van der Waals surface area contributed by atoms with E-state index in [-0.39, 0.29) is 5.56 Å². The van der Waals surface area contributed by atoms with E-state index in [1.165, 1.54) is 30.6 Å². The Morgan fingerprint density at radius 3 is 2.67 bits per heavy atom. The van der Waals surface area contributed by atoms with Gasteiger partial charge in [-0.15, -0.1) is 11.3 Å². The molecule has 18 heavy (non-hydrogen) atoms. The highest BCUT2D eigenvalue weighted by Crippen LogP contribution is 2.35. The number of halogens is 2. The van der Waals surface area contributed by atoms with Crippen LogP contribution in [0.15, 0.2) is 23.6 Å². The van der Waals surface area contributed by atoms with Crippen LogP contribution in [-0.4, -0.2) is 7.11 Å². The van der Waals surface area contributed by atoms with Gasteiger partial charge in [-0.1, -0.05) is 6.07 Å². The highest BCUT2D eigenvalue weighted by Gasteiger charge is 2.23. The lowest BCUT2D eigenvalue weighted by molar-refractivity contribution is 0.409. The van der Waals surface area contributed by atoms with Crippen molar-refractivity contribution in [2.75, 3.05) is 7.11 Å². The Morgan fingerprint density at radius 2 is 2.00 bits per heavy atom. The molecule has 96 valence electrons. The molecule has 2 N–H and O–H groups in total. The number of hydrogen-bond donors (Lipinski definition) is 1. The van der Waals surface area contributed by atoms with Gasteiger partial charge < -0.3 is 10.5 Å². The zero-order chi connectivity index (χ0) is 13.3. The van der Waals surface area contributed by atoms with Crippen molar-refractivity contribution in [3.63, 3.8) is 0 Å². The largest absolute Gasteiger partial charge is 0.496 e. The Bertz CT molecular complexity index is 568. The van der Waals surface area contributed by atoms with Crippen molar-refractivity contribution in [3.8, 4) is 5.75 Å². The number of thiophene rings is 1. The van der Waals surface area contributed by atoms with Crippen LogP contribution in [0.25, 0.3) is 0 Å². The normalized spacial score (nSPS) is 12.5. The van der Waals surface area contributed by atoms with E-state index in [2.05, 4.69) is 0 Å². The van der Waals surface area contributed by atoms with Gasteiger partial charge in [0, 0.05) is 5.56 Å². The van der Waals surface area contributed by atoms with E-state index in [0.717, 1.165) is 0 Å². The van der Waals surface area contributed by atoms with Gasteiger partial charge in [0.1, 0.15) is 17.4 Å². The lowest BCUT2D eigenvalue weighted by Crippen LogP contribution is -2.15. The van der Waals surface area contributed by atoms with Gasteiger partial charge in [0.2, 0.25) is 0 Å². The first-order chi connectivity index (χ1) is 8.56. The Labute approximate surface area is 108 Å². The fourth-order valence-electron chi connectivity index (χ4n) is 1.80. The topological polar surface area (TPSA) is 35.2 Å². The average molecular weight is 269 g/mol. The molecule has 2 aromatic rings. The van der Waals surface area contributed by atoms with Crippen LogP contribution in [0.2, 0.25) is 0 Å². The SMILES string of the molecule is COc1ccsc1C(N)c1c(F)ccc(C)c1F. The van der Waals surface area contributed by atoms with Crippen molar-refractivity contribution in [1.29, 1.82) is 0 Å². The van der Waals surface area contributed by atoms with Gasteiger partial charge in [-0.3, -0.25) is 0 Å². The maximum absolute atomic E-state index is 14.0. The molecule has 1 heterocycles. The summed E-state index contributed by atoms with van der Waals surface area (Å²) in [4.78, 5) is 0.612. The highest BCUT2D eigenvalue weighted by atomic mass is 32.1. The molecule has 0 bridgehead atoms. The molecule has 1 unspecified atom stereocenters. The second kappa shape index (κ2) is 5.04. The molecule has 0 radical (unpaired) electrons. The molecule has 2 rings (SSSR count). The molecule has 0 aliphatic heterocycles. The van der Waals surface area contributed by atoms with E-state index in [0.29, 0.717) is 16.2 Å². The lowest BCUT2D eigenvalue weighted by atomic mass is 10.0. The molecule has 0 saturated heterocycles. The standard InChI is InChI=1S/C13H13F2NOS/c1-7-3-4-8(14)10(11(7)15)12(16)13-9(17-2)5-6-18-13/h3-6,12H,16H2,1-2H3. The van der Waals surface area contributed by atoms with Crippen molar-refractivity contribution >= 4 is 11.3 Å². The molecular formula is C13H13F2NOS. The number of nitrogens with two attached hydrogens (primary N) is 1. The third-order valence-corrected chi connectivity index (χ3v) is 3.77. The first kappa shape index (κ1) is 13.0. The zero-order valence-corrected chi connectivity index (χ0v) is 10.9. The van der Waals surface area contributed by atoms with Gasteiger partial charge in [-0.25, -0.2) is 8.78 Å². The van der Waals surface area contributed by atoms with Gasteiger partial charge in [0.15, 0.2) is 0 Å². The molecule has 0 saturated carbocycles. The van der Waals surface area contributed by atoms with Crippen LogP contribution in [-0.2, 0) is 0 Å². The van der Waals surface area contributed by atoms with Crippen LogP contribution >= 0.6 is 11.3 Å². The zero-order valence-electron chi connectivity index (χ0n) is 10.0. The smallest absolute Gasteiger partial charge is 0.134 e. The summed E-state index contributed by atoms with van der Waals surface area (Å²) < 4.78 is 32.9. The lowest BCUT2D eigenvalue weighted by Gasteiger charge is -2.15. The Balaban J connectivity index is 2.52. The average Bonchev–Trinajstić information content (AvgIpc) is 2.82. The van der Waals surface area contributed by atoms with Crippen LogP contribution in [0, 0.1) is 18.6 Å². The monoisotopic (exact) mass is 269 g/mol. The summed E-state index contributed by atoms with van der Waals surface area (Å²) in [6.45, 7) is 1.58. The maximum atomic E-state index is 14.0. The molecule has 1 atom stereocenters. The van der Waals surface area contributed by atoms with Crippen LogP contribution in [0.4, 0.5) is 8.78 Å². The van der Waals surface area contributed by atoms with Gasteiger partial charge in [0.05, 0.1) is 18.0 Å². The second-order valence-electron chi connectivity index (χ2n) is 3.92. The van der Waals surface area contributed by atoms with Gasteiger partial charge in [-0.05, 0) is 30.0 Å². The first-order valence-corrected chi connectivity index (χ1v) is 6.25. The molecule has 0 aliphatic carbocycles. The van der Waals surface area contributed by atoms with Crippen LogP contribution in [0.3, 0.4) is 0 Å². The fraction of sp³-hybridized carbons (Fsp3) is 0.231. The van der Waals surface area contributed by atoms with E-state index >= 15 is 0 Å². The van der Waals surface area contributed by atoms with Crippen LogP contribution in [0.5, 0.6) is 5.75 Å². The number of methoxy groups -OCH3 is 1. The predicted octanol–water partition coefficient (Wildman–Crippen LogP) is 3.39. The fourth-order valence-corrected chi connectivity index (χ4v) is 2.67. The Hall–Kier alpha value is -1.46. The van der Waals surface area contributed by atoms with Crippen molar-refractivity contribution in [1.82, 2.24) is 0 Å². The van der Waals surface area contributed by atoms with Crippen molar-refractivity contribution in [2.24, 2.45) is 5.73 Å². The minimum atomic E-state index is -0.861. The molecule has 0 spiro atoms. The van der Waals surface area contributed by atoms with Crippen LogP contribution in [0.1, 0.15) is 22.0 Å². The van der Waals surface area contributed by atoms with Crippen LogP contribution < -0.4 is 10.5 Å². The number of benzene rings is 1. The van der Waals surface area contributed by atoms with E-state index in [9.17, 15) is 8.78 Å². The molecule has 0 fully saturated rings. The summed E-state index contributed by atoms with van der Waals surface area (Å²) in [5.74, 6) is -0.688. The summed E-state index contributed by atoms with van der Waals surface area (Å²) in [7, 11) is 1.50. The molecule has 2 nitrogen and oxygen atoms in total. The quantitative estimate of drug-likeness (QED) is 0.927. The molecule has 1 aromatic heterocycles. The van der Waals surface area contributed by atoms with E-state index in [4.69, 9.17) is 10.5 Å². The van der Waals surface area contributed by atoms with E-state index in [1.807, 2.05) is 0 Å². The number of ether oxygens (including phenoxy) is 1. The summed E-state index contributed by atoms with van der Waals surface area (Å²) in [6.07, 6.45) is 0. The Morgan fingerprint density at radius 1 is 1.28 bits per heavy atom. The van der Waals surface area contributed by atoms with Crippen molar-refractivity contribution in [3.05, 3.63) is 51.2 Å². The second-order valence-corrected chi connectivity index (χ2v) is 4.87. The minimum Gasteiger partial charge on any atom is -0.496 e. The summed E-state index contributed by atoms with van der Waals surface area (Å²) in [6, 6.07) is 3.49. The molecule has 1 aromatic carbocycles. The van der Waals surface area contributed by atoms with Crippen molar-refractivity contribution in [2.45, 2.75) is 13.0 Å². The third kappa shape index (κ3) is 2.11. The van der Waals surface area contributed by atoms with Gasteiger partial charge in [-0.2, -0.15) is 0 Å². The minimum absolute atomic E-state index is 0.115. The number of hydrogen-bond acceptors (Lipinski definition) is 3. The maximum Gasteiger partial charge on any atom is 0.134 e. The molecular weight excluding hydrogens is 256 g/mol. The summed E-state index contributed by atoms with van der Waals surface area (Å²) in [5, 5.41) is 1.78. The van der Waals surface area contributed by atoms with E-state index < -0.39 is 17.7 Å². The predicted molar refractivity (Wildman–Crippen MR) is 68.0 cm³/mol. The molecule has 0 aliphatic rings. The molecule has 0 amide bonds. The Kier molecular flexibility index (Phi) is 3.63. The van der Waals surface area contributed by atoms with E-state index in [1.54, 1.807) is 18.4 Å². The number of aryl methyl sites for hydroxylation is 1. The van der Waals surface area contributed by atoms with Crippen molar-refractivity contribution < 1.29 is 13.5 Å². The third-order valence-electron chi connectivity index (χ3n) is 2.79. The van der Waals surface area contributed by atoms with Gasteiger partial charge in [0.25, 0.3) is 0 Å². The van der Waals surface area contributed by atoms with Gasteiger partial charge >= 0.3 is 0 Å². The summed E-state index contributed by atoms with van der Waals surface area (Å²) >= 11 is 1.32. The highest BCUT2D eigenvalue weighted by molar-refractivity contribution is 7.10. The summed E-state index contributed by atoms with van der Waals surface area (Å²) in [5.41, 5.74) is 6.22. The molecule has 5 heteroatoms. The first-order valence-electron chi connectivity index (χ1n) is 5.37. The number of rotatable bonds is 3.